The van der Waals surface area contributed by atoms with Gasteiger partial charge < -0.3 is 4.74 Å². The number of carbonyl (C=O) groups is 1. The van der Waals surface area contributed by atoms with E-state index in [-0.39, 0.29) is 11.9 Å². The second-order valence-electron chi connectivity index (χ2n) is 12.4. The van der Waals surface area contributed by atoms with Gasteiger partial charge >= 0.3 is 5.97 Å². The summed E-state index contributed by atoms with van der Waals surface area (Å²) >= 11 is 0. The lowest BCUT2D eigenvalue weighted by Crippen LogP contribution is -2.25. The van der Waals surface area contributed by atoms with Crippen molar-refractivity contribution >= 4 is 5.97 Å². The van der Waals surface area contributed by atoms with Crippen molar-refractivity contribution in [1.82, 2.24) is 9.97 Å². The largest absolute Gasteiger partial charge is 0.426 e. The molecule has 0 amide bonds. The van der Waals surface area contributed by atoms with Gasteiger partial charge in [-0.25, -0.2) is 9.97 Å². The van der Waals surface area contributed by atoms with Gasteiger partial charge in [-0.2, -0.15) is 0 Å². The van der Waals surface area contributed by atoms with E-state index in [0.717, 1.165) is 36.1 Å². The summed E-state index contributed by atoms with van der Waals surface area (Å²) in [6.07, 6.45) is 27.1. The summed E-state index contributed by atoms with van der Waals surface area (Å²) in [5, 5.41) is 0. The molecule has 2 aliphatic carbocycles. The van der Waals surface area contributed by atoms with Crippen LogP contribution in [0.1, 0.15) is 141 Å². The number of rotatable bonds is 14. The summed E-state index contributed by atoms with van der Waals surface area (Å²) in [6.45, 7) is 4.55. The standard InChI is InChI=1S/C35H52N2O2/c1-3-5-7-8-10-12-28-15-19-31(20-16-28)35(38)39-33-23-21-30(22-24-33)34-36-25-32(26-37-34)29-17-13-27(14-18-29)11-9-6-4-2/h21-29,31H,3-20H2,1-2H3/t27-,28-,29-,31-. The summed E-state index contributed by atoms with van der Waals surface area (Å²) in [6, 6.07) is 7.70. The molecule has 0 bridgehead atoms. The minimum absolute atomic E-state index is 0.0447. The first-order valence-electron chi connectivity index (χ1n) is 16.3. The average Bonchev–Trinajstić information content (AvgIpc) is 2.98. The van der Waals surface area contributed by atoms with Gasteiger partial charge in [0.2, 0.25) is 0 Å². The fourth-order valence-corrected chi connectivity index (χ4v) is 6.76. The Labute approximate surface area is 237 Å². The highest BCUT2D eigenvalue weighted by Gasteiger charge is 2.27. The van der Waals surface area contributed by atoms with Gasteiger partial charge in [0, 0.05) is 18.0 Å². The second kappa shape index (κ2) is 16.1. The smallest absolute Gasteiger partial charge is 0.314 e. The van der Waals surface area contributed by atoms with Crippen molar-refractivity contribution in [2.75, 3.05) is 0 Å². The van der Waals surface area contributed by atoms with E-state index in [9.17, 15) is 4.79 Å². The highest BCUT2D eigenvalue weighted by molar-refractivity contribution is 5.75. The molecule has 2 aromatic rings. The number of carbonyl (C=O) groups excluding carboxylic acids is 1. The Balaban J connectivity index is 1.19. The molecule has 2 saturated carbocycles. The van der Waals surface area contributed by atoms with Crippen LogP contribution in [0.15, 0.2) is 36.7 Å². The minimum Gasteiger partial charge on any atom is -0.426 e. The summed E-state index contributed by atoms with van der Waals surface area (Å²) in [4.78, 5) is 22.2. The van der Waals surface area contributed by atoms with Gasteiger partial charge in [0.15, 0.2) is 5.82 Å². The topological polar surface area (TPSA) is 52.1 Å². The van der Waals surface area contributed by atoms with Crippen LogP contribution in [0.25, 0.3) is 11.4 Å². The first kappa shape index (κ1) is 29.7. The zero-order valence-electron chi connectivity index (χ0n) is 24.7. The summed E-state index contributed by atoms with van der Waals surface area (Å²) in [5.74, 6) is 3.65. The molecular weight excluding hydrogens is 480 g/mol. The molecule has 39 heavy (non-hydrogen) atoms. The lowest BCUT2D eigenvalue weighted by atomic mass is 9.77. The third kappa shape index (κ3) is 9.43. The maximum Gasteiger partial charge on any atom is 0.314 e. The molecule has 1 aromatic carbocycles. The van der Waals surface area contributed by atoms with E-state index < -0.39 is 0 Å². The van der Waals surface area contributed by atoms with Crippen LogP contribution in [0.2, 0.25) is 0 Å². The van der Waals surface area contributed by atoms with Gasteiger partial charge in [0.1, 0.15) is 5.75 Å². The molecule has 4 rings (SSSR count). The normalized spacial score (nSPS) is 23.4. The van der Waals surface area contributed by atoms with Crippen molar-refractivity contribution in [2.24, 2.45) is 17.8 Å². The van der Waals surface area contributed by atoms with Crippen LogP contribution >= 0.6 is 0 Å². The lowest BCUT2D eigenvalue weighted by molar-refractivity contribution is -0.140. The van der Waals surface area contributed by atoms with Crippen LogP contribution in [0, 0.1) is 17.8 Å². The molecule has 0 saturated heterocycles. The maximum atomic E-state index is 12.8. The third-order valence-corrected chi connectivity index (χ3v) is 9.43. The predicted molar refractivity (Wildman–Crippen MR) is 161 cm³/mol. The molecule has 1 heterocycles. The molecular formula is C35H52N2O2. The van der Waals surface area contributed by atoms with Gasteiger partial charge in [-0.05, 0) is 98.9 Å². The molecule has 1 aromatic heterocycles. The predicted octanol–water partition coefficient (Wildman–Crippen LogP) is 10.1. The summed E-state index contributed by atoms with van der Waals surface area (Å²) in [5.41, 5.74) is 2.24. The van der Waals surface area contributed by atoms with Gasteiger partial charge in [0.05, 0.1) is 5.92 Å². The Bertz CT molecular complexity index is 955. The second-order valence-corrected chi connectivity index (χ2v) is 12.4. The number of hydrogen-bond acceptors (Lipinski definition) is 4. The van der Waals surface area contributed by atoms with E-state index in [1.165, 1.54) is 108 Å². The Morgan fingerprint density at radius 3 is 1.87 bits per heavy atom. The van der Waals surface area contributed by atoms with Crippen LogP contribution in [0.3, 0.4) is 0 Å². The lowest BCUT2D eigenvalue weighted by Gasteiger charge is -2.28. The molecule has 0 N–H and O–H groups in total. The summed E-state index contributed by atoms with van der Waals surface area (Å²) < 4.78 is 5.76. The van der Waals surface area contributed by atoms with Crippen molar-refractivity contribution in [3.8, 4) is 17.1 Å². The van der Waals surface area contributed by atoms with Gasteiger partial charge in [-0.1, -0.05) is 78.1 Å². The molecule has 2 fully saturated rings. The van der Waals surface area contributed by atoms with E-state index in [1.54, 1.807) is 0 Å². The van der Waals surface area contributed by atoms with Gasteiger partial charge in [0.25, 0.3) is 0 Å². The van der Waals surface area contributed by atoms with Crippen LogP contribution in [0.4, 0.5) is 0 Å². The van der Waals surface area contributed by atoms with Crippen LogP contribution in [-0.4, -0.2) is 15.9 Å². The highest BCUT2D eigenvalue weighted by Crippen LogP contribution is 2.38. The third-order valence-electron chi connectivity index (χ3n) is 9.43. The highest BCUT2D eigenvalue weighted by atomic mass is 16.5. The van der Waals surface area contributed by atoms with E-state index in [0.29, 0.717) is 11.7 Å². The van der Waals surface area contributed by atoms with E-state index in [4.69, 9.17) is 14.7 Å². The molecule has 214 valence electrons. The molecule has 4 nitrogen and oxygen atoms in total. The number of unbranched alkanes of at least 4 members (excludes halogenated alkanes) is 6. The Morgan fingerprint density at radius 1 is 0.718 bits per heavy atom. The fraction of sp³-hybridized carbons (Fsp3) is 0.686. The number of hydrogen-bond donors (Lipinski definition) is 0. The zero-order valence-corrected chi connectivity index (χ0v) is 24.7. The molecule has 0 unspecified atom stereocenters. The van der Waals surface area contributed by atoms with E-state index in [2.05, 4.69) is 13.8 Å². The average molecular weight is 533 g/mol. The molecule has 0 radical (unpaired) electrons. The Morgan fingerprint density at radius 2 is 1.26 bits per heavy atom. The van der Waals surface area contributed by atoms with Crippen molar-refractivity contribution in [1.29, 1.82) is 0 Å². The van der Waals surface area contributed by atoms with Gasteiger partial charge in [-0.3, -0.25) is 4.79 Å². The van der Waals surface area contributed by atoms with Crippen LogP contribution < -0.4 is 4.74 Å². The number of ether oxygens (including phenoxy) is 1. The van der Waals surface area contributed by atoms with Crippen molar-refractivity contribution in [2.45, 2.75) is 135 Å². The number of esters is 1. The van der Waals surface area contributed by atoms with E-state index >= 15 is 0 Å². The molecule has 0 spiro atoms. The molecule has 0 atom stereocenters. The van der Waals surface area contributed by atoms with Crippen molar-refractivity contribution in [3.63, 3.8) is 0 Å². The Kier molecular flexibility index (Phi) is 12.3. The summed E-state index contributed by atoms with van der Waals surface area (Å²) in [7, 11) is 0. The quantitative estimate of drug-likeness (QED) is 0.138. The molecule has 4 heteroatoms. The van der Waals surface area contributed by atoms with Crippen molar-refractivity contribution < 1.29 is 9.53 Å². The first-order valence-corrected chi connectivity index (χ1v) is 16.3. The van der Waals surface area contributed by atoms with Crippen LogP contribution in [-0.2, 0) is 4.79 Å². The minimum atomic E-state index is -0.0650. The zero-order chi connectivity index (χ0) is 27.3. The van der Waals surface area contributed by atoms with Crippen LogP contribution in [0.5, 0.6) is 5.75 Å². The first-order chi connectivity index (χ1) is 19.2. The van der Waals surface area contributed by atoms with E-state index in [1.807, 2.05) is 36.7 Å². The maximum absolute atomic E-state index is 12.8. The number of nitrogens with zero attached hydrogens (tertiary/aromatic N) is 2. The SMILES string of the molecule is CCCCCCC[C@H]1CC[C@H](C(=O)Oc2ccc(-c3ncc([C@H]4CC[C@H](CCCCC)CC4)cn3)cc2)CC1. The van der Waals surface area contributed by atoms with Crippen molar-refractivity contribution in [3.05, 3.63) is 42.2 Å². The molecule has 0 aliphatic heterocycles. The Hall–Kier alpha value is -2.23. The fourth-order valence-electron chi connectivity index (χ4n) is 6.76. The monoisotopic (exact) mass is 532 g/mol. The number of benzene rings is 1. The van der Waals surface area contributed by atoms with Gasteiger partial charge in [-0.15, -0.1) is 0 Å². The molecule has 2 aliphatic rings. The number of aromatic nitrogens is 2.